The van der Waals surface area contributed by atoms with Crippen LogP contribution in [0.3, 0.4) is 0 Å². The van der Waals surface area contributed by atoms with E-state index in [0.29, 0.717) is 0 Å². The van der Waals surface area contributed by atoms with Crippen molar-refractivity contribution in [3.8, 4) is 0 Å². The number of aryl methyl sites for hydroxylation is 1. The minimum Gasteiger partial charge on any atom is -0.184 e. The van der Waals surface area contributed by atoms with Crippen LogP contribution in [-0.4, -0.2) is 0 Å². The van der Waals surface area contributed by atoms with Crippen LogP contribution in [0.1, 0.15) is 5.56 Å². The molecule has 40 valence electrons. The maximum atomic E-state index is 2.96. The van der Waals surface area contributed by atoms with Crippen molar-refractivity contribution in [2.75, 3.05) is 0 Å². The van der Waals surface area contributed by atoms with Gasteiger partial charge in [0.25, 0.3) is 0 Å². The van der Waals surface area contributed by atoms with Gasteiger partial charge in [0.05, 0.1) is 0 Å². The van der Waals surface area contributed by atoms with Crippen LogP contribution in [0.25, 0.3) is 0 Å². The first-order valence-corrected chi connectivity index (χ1v) is 2.32. The SMILES string of the molecule is Cc1c[c-]ccc1.[Zr]. The Morgan fingerprint density at radius 1 is 1.50 bits per heavy atom. The maximum absolute atomic E-state index is 2.96. The van der Waals surface area contributed by atoms with Gasteiger partial charge in [-0.15, -0.1) is 0 Å². The number of rotatable bonds is 0. The molecule has 0 aliphatic carbocycles. The monoisotopic (exact) mass is 181 g/mol. The Morgan fingerprint density at radius 2 is 2.25 bits per heavy atom. The molecule has 0 bridgehead atoms. The van der Waals surface area contributed by atoms with Gasteiger partial charge in [0, 0.05) is 26.2 Å². The Kier molecular flexibility index (Phi) is 4.08. The van der Waals surface area contributed by atoms with Crippen LogP contribution >= 0.6 is 0 Å². The van der Waals surface area contributed by atoms with Gasteiger partial charge in [0.2, 0.25) is 0 Å². The van der Waals surface area contributed by atoms with Crippen LogP contribution < -0.4 is 0 Å². The van der Waals surface area contributed by atoms with Gasteiger partial charge < -0.3 is 0 Å². The van der Waals surface area contributed by atoms with Gasteiger partial charge in [0.1, 0.15) is 0 Å². The fourth-order valence-corrected chi connectivity index (χ4v) is 0.483. The van der Waals surface area contributed by atoms with Gasteiger partial charge >= 0.3 is 0 Å². The topological polar surface area (TPSA) is 0 Å². The Labute approximate surface area is 69.0 Å². The predicted octanol–water partition coefficient (Wildman–Crippen LogP) is 1.79. The zero-order valence-corrected chi connectivity index (χ0v) is 7.27. The molecular formula is C7H7Zr-. The standard InChI is InChI=1S/C7H7.Zr/c1-7-5-3-2-4-6-7;/h2-3,5-6H,1H3;/q-1;. The van der Waals surface area contributed by atoms with Crippen molar-refractivity contribution < 1.29 is 26.2 Å². The molecule has 1 aromatic rings. The summed E-state index contributed by atoms with van der Waals surface area (Å²) in [4.78, 5) is 0. The van der Waals surface area contributed by atoms with Crippen molar-refractivity contribution in [3.05, 3.63) is 35.9 Å². The minimum atomic E-state index is 0. The largest absolute Gasteiger partial charge is 0.184 e. The summed E-state index contributed by atoms with van der Waals surface area (Å²) in [5.41, 5.74) is 1.27. The molecule has 0 radical (unpaired) electrons. The molecule has 0 saturated heterocycles. The Hall–Kier alpha value is 0.103. The molecule has 1 heteroatoms. The van der Waals surface area contributed by atoms with E-state index in [1.54, 1.807) is 0 Å². The van der Waals surface area contributed by atoms with Crippen molar-refractivity contribution in [1.29, 1.82) is 0 Å². The molecule has 0 N–H and O–H groups in total. The van der Waals surface area contributed by atoms with E-state index in [1.807, 2.05) is 18.2 Å². The maximum Gasteiger partial charge on any atom is 0 e. The van der Waals surface area contributed by atoms with Crippen LogP contribution in [-0.2, 0) is 26.2 Å². The Bertz CT molecular complexity index is 134. The van der Waals surface area contributed by atoms with E-state index < -0.39 is 0 Å². The van der Waals surface area contributed by atoms with E-state index in [9.17, 15) is 0 Å². The molecule has 0 atom stereocenters. The summed E-state index contributed by atoms with van der Waals surface area (Å²) in [5, 5.41) is 0. The molecule has 0 saturated carbocycles. The number of benzene rings is 1. The zero-order chi connectivity index (χ0) is 5.11. The summed E-state index contributed by atoms with van der Waals surface area (Å²) in [6, 6.07) is 10.8. The number of hydrogen-bond acceptors (Lipinski definition) is 0. The molecule has 1 rings (SSSR count). The third kappa shape index (κ3) is 2.42. The first kappa shape index (κ1) is 8.10. The second kappa shape index (κ2) is 4.03. The van der Waals surface area contributed by atoms with Crippen molar-refractivity contribution >= 4 is 0 Å². The van der Waals surface area contributed by atoms with E-state index in [2.05, 4.69) is 19.1 Å². The second-order valence-corrected chi connectivity index (χ2v) is 1.58. The zero-order valence-electron chi connectivity index (χ0n) is 4.81. The molecule has 0 spiro atoms. The number of hydrogen-bond donors (Lipinski definition) is 0. The normalized spacial score (nSPS) is 7.62. The van der Waals surface area contributed by atoms with Gasteiger partial charge in [-0.2, -0.15) is 35.9 Å². The minimum absolute atomic E-state index is 0. The van der Waals surface area contributed by atoms with E-state index in [1.165, 1.54) is 5.56 Å². The van der Waals surface area contributed by atoms with E-state index >= 15 is 0 Å². The third-order valence-corrected chi connectivity index (χ3v) is 0.863. The molecule has 0 unspecified atom stereocenters. The molecule has 0 fully saturated rings. The average Bonchev–Trinajstić information content (AvgIpc) is 1.69. The average molecular weight is 182 g/mol. The predicted molar refractivity (Wildman–Crippen MR) is 30.0 cm³/mol. The van der Waals surface area contributed by atoms with E-state index in [-0.39, 0.29) is 26.2 Å². The summed E-state index contributed by atoms with van der Waals surface area (Å²) in [7, 11) is 0. The molecular weight excluding hydrogens is 175 g/mol. The summed E-state index contributed by atoms with van der Waals surface area (Å²) in [6.07, 6.45) is 0. The summed E-state index contributed by atoms with van der Waals surface area (Å²) < 4.78 is 0. The summed E-state index contributed by atoms with van der Waals surface area (Å²) in [6.45, 7) is 2.05. The van der Waals surface area contributed by atoms with Crippen molar-refractivity contribution in [2.45, 2.75) is 6.92 Å². The molecule has 8 heavy (non-hydrogen) atoms. The van der Waals surface area contributed by atoms with E-state index in [4.69, 9.17) is 0 Å². The van der Waals surface area contributed by atoms with Crippen LogP contribution in [0.4, 0.5) is 0 Å². The van der Waals surface area contributed by atoms with Crippen LogP contribution in [0.5, 0.6) is 0 Å². The van der Waals surface area contributed by atoms with Crippen LogP contribution in [0.15, 0.2) is 24.3 Å². The first-order chi connectivity index (χ1) is 3.39. The first-order valence-electron chi connectivity index (χ1n) is 2.32. The smallest absolute Gasteiger partial charge is 0 e. The van der Waals surface area contributed by atoms with Crippen LogP contribution in [0, 0.1) is 13.0 Å². The summed E-state index contributed by atoms with van der Waals surface area (Å²) in [5.74, 6) is 0. The van der Waals surface area contributed by atoms with Crippen LogP contribution in [0.2, 0.25) is 0 Å². The van der Waals surface area contributed by atoms with Gasteiger partial charge in [-0.3, -0.25) is 0 Å². The molecule has 0 aliphatic rings. The quantitative estimate of drug-likeness (QED) is 0.537. The molecule has 0 aromatic heterocycles. The van der Waals surface area contributed by atoms with Gasteiger partial charge in [-0.05, 0) is 0 Å². The van der Waals surface area contributed by atoms with E-state index in [0.717, 1.165) is 0 Å². The fraction of sp³-hybridized carbons (Fsp3) is 0.143. The van der Waals surface area contributed by atoms with Gasteiger partial charge in [-0.1, -0.05) is 6.92 Å². The van der Waals surface area contributed by atoms with Gasteiger partial charge in [-0.25, -0.2) is 0 Å². The molecule has 0 aliphatic heterocycles. The Morgan fingerprint density at radius 3 is 2.50 bits per heavy atom. The van der Waals surface area contributed by atoms with Gasteiger partial charge in [0.15, 0.2) is 0 Å². The molecule has 1 aromatic carbocycles. The van der Waals surface area contributed by atoms with Crippen molar-refractivity contribution in [3.63, 3.8) is 0 Å². The molecule has 0 amide bonds. The second-order valence-electron chi connectivity index (χ2n) is 1.58. The molecule has 0 heterocycles. The summed E-state index contributed by atoms with van der Waals surface area (Å²) >= 11 is 0. The fourth-order valence-electron chi connectivity index (χ4n) is 0.483. The van der Waals surface area contributed by atoms with Crippen molar-refractivity contribution in [2.24, 2.45) is 0 Å². The van der Waals surface area contributed by atoms with Crippen molar-refractivity contribution in [1.82, 2.24) is 0 Å². The molecule has 0 nitrogen and oxygen atoms in total. The third-order valence-electron chi connectivity index (χ3n) is 0.863. The Balaban J connectivity index is 0.000000490.